The van der Waals surface area contributed by atoms with Gasteiger partial charge in [0.05, 0.1) is 0 Å². The molecule has 0 spiro atoms. The molecule has 0 aliphatic carbocycles. The second kappa shape index (κ2) is 11.2. The first-order chi connectivity index (χ1) is 15.5. The van der Waals surface area contributed by atoms with Gasteiger partial charge in [-0.15, -0.1) is 0 Å². The fourth-order valence-corrected chi connectivity index (χ4v) is 3.80. The number of likely N-dealkylation sites (tertiary alicyclic amines) is 1. The molecule has 1 fully saturated rings. The number of nitrogens with one attached hydrogen (secondary N) is 2. The van der Waals surface area contributed by atoms with Crippen molar-refractivity contribution >= 4 is 23.5 Å². The number of benzene rings is 2. The Kier molecular flexibility index (Phi) is 8.14. The van der Waals surface area contributed by atoms with Crippen LogP contribution in [0.5, 0.6) is 0 Å². The van der Waals surface area contributed by atoms with Crippen LogP contribution < -0.4 is 10.6 Å². The molecule has 7 heteroatoms. The molecule has 3 rings (SSSR count). The number of hydrogen-bond acceptors (Lipinski definition) is 4. The van der Waals surface area contributed by atoms with Crippen LogP contribution in [0.4, 0.5) is 0 Å². The normalized spacial score (nSPS) is 16.5. The Labute approximate surface area is 188 Å². The van der Waals surface area contributed by atoms with Crippen LogP contribution in [0.25, 0.3) is 0 Å². The first-order valence-corrected chi connectivity index (χ1v) is 11.0. The zero-order chi connectivity index (χ0) is 22.9. The minimum absolute atomic E-state index is 0.0966. The first-order valence-electron chi connectivity index (χ1n) is 11.0. The monoisotopic (exact) mass is 435 g/mol. The summed E-state index contributed by atoms with van der Waals surface area (Å²) >= 11 is 0. The van der Waals surface area contributed by atoms with Gasteiger partial charge < -0.3 is 15.5 Å². The molecule has 1 aliphatic rings. The zero-order valence-electron chi connectivity index (χ0n) is 18.3. The summed E-state index contributed by atoms with van der Waals surface area (Å²) in [5, 5.41) is 5.34. The third kappa shape index (κ3) is 6.03. The van der Waals surface area contributed by atoms with Crippen molar-refractivity contribution in [2.45, 2.75) is 51.2 Å². The number of carbonyl (C=O) groups is 4. The summed E-state index contributed by atoms with van der Waals surface area (Å²) in [5.41, 5.74) is 1.76. The topological polar surface area (TPSA) is 95.6 Å². The van der Waals surface area contributed by atoms with Gasteiger partial charge in [0.15, 0.2) is 0 Å². The van der Waals surface area contributed by atoms with Gasteiger partial charge in [-0.05, 0) is 24.0 Å². The molecule has 168 valence electrons. The maximum atomic E-state index is 13.1. The van der Waals surface area contributed by atoms with E-state index in [9.17, 15) is 19.2 Å². The first kappa shape index (κ1) is 23.2. The van der Waals surface area contributed by atoms with Crippen LogP contribution in [-0.4, -0.2) is 47.0 Å². The van der Waals surface area contributed by atoms with Crippen LogP contribution in [-0.2, 0) is 32.1 Å². The SMILES string of the molecule is CCCNC(=O)C(=O)C(Cc1ccccc1)NC(=O)[C@@H]1CCC(=O)N1Cc1ccccc1. The molecule has 32 heavy (non-hydrogen) atoms. The molecule has 2 aromatic carbocycles. The van der Waals surface area contributed by atoms with E-state index < -0.39 is 29.7 Å². The fraction of sp³-hybridized carbons (Fsp3) is 0.360. The summed E-state index contributed by atoms with van der Waals surface area (Å²) in [5.74, 6) is -1.91. The highest BCUT2D eigenvalue weighted by Gasteiger charge is 2.38. The van der Waals surface area contributed by atoms with E-state index in [1.54, 1.807) is 4.90 Å². The zero-order valence-corrected chi connectivity index (χ0v) is 18.3. The number of rotatable bonds is 10. The third-order valence-electron chi connectivity index (χ3n) is 5.50. The molecule has 1 heterocycles. The van der Waals surface area contributed by atoms with E-state index in [-0.39, 0.29) is 18.7 Å². The van der Waals surface area contributed by atoms with Crippen molar-refractivity contribution in [1.82, 2.24) is 15.5 Å². The van der Waals surface area contributed by atoms with Gasteiger partial charge in [0, 0.05) is 25.9 Å². The molecule has 2 aromatic rings. The Morgan fingerprint density at radius 2 is 1.62 bits per heavy atom. The van der Waals surface area contributed by atoms with Crippen molar-refractivity contribution in [2.75, 3.05) is 6.54 Å². The standard InChI is InChI=1S/C25H29N3O4/c1-2-15-26-25(32)23(30)20(16-18-9-5-3-6-10-18)27-24(31)21-13-14-22(29)28(21)17-19-11-7-4-8-12-19/h3-12,20-21H,2,13-17H2,1H3,(H,26,32)(H,27,31)/t20?,21-/m0/s1. The highest BCUT2D eigenvalue weighted by molar-refractivity contribution is 6.38. The maximum absolute atomic E-state index is 13.1. The summed E-state index contributed by atoms with van der Waals surface area (Å²) in [6, 6.07) is 17.0. The number of nitrogens with zero attached hydrogens (tertiary/aromatic N) is 1. The van der Waals surface area contributed by atoms with Crippen LogP contribution in [0.2, 0.25) is 0 Å². The second-order valence-electron chi connectivity index (χ2n) is 7.93. The minimum Gasteiger partial charge on any atom is -0.349 e. The fourth-order valence-electron chi connectivity index (χ4n) is 3.80. The molecular formula is C25H29N3O4. The van der Waals surface area contributed by atoms with Gasteiger partial charge in [-0.25, -0.2) is 0 Å². The molecule has 7 nitrogen and oxygen atoms in total. The average Bonchev–Trinajstić information content (AvgIpc) is 3.18. The largest absolute Gasteiger partial charge is 0.349 e. The minimum atomic E-state index is -1.00. The summed E-state index contributed by atoms with van der Waals surface area (Å²) in [6.45, 7) is 2.61. The van der Waals surface area contributed by atoms with Crippen molar-refractivity contribution < 1.29 is 19.2 Å². The lowest BCUT2D eigenvalue weighted by atomic mass is 10.0. The van der Waals surface area contributed by atoms with E-state index in [1.165, 1.54) is 0 Å². The van der Waals surface area contributed by atoms with Crippen LogP contribution in [0, 0.1) is 0 Å². The lowest BCUT2D eigenvalue weighted by Crippen LogP contribution is -2.53. The van der Waals surface area contributed by atoms with Crippen molar-refractivity contribution in [1.29, 1.82) is 0 Å². The van der Waals surface area contributed by atoms with E-state index in [2.05, 4.69) is 10.6 Å². The molecule has 2 atom stereocenters. The molecule has 3 amide bonds. The lowest BCUT2D eigenvalue weighted by Gasteiger charge is -2.26. The highest BCUT2D eigenvalue weighted by atomic mass is 16.2. The van der Waals surface area contributed by atoms with Crippen molar-refractivity contribution in [2.24, 2.45) is 0 Å². The number of hydrogen-bond donors (Lipinski definition) is 2. The van der Waals surface area contributed by atoms with Crippen LogP contribution in [0.15, 0.2) is 60.7 Å². The van der Waals surface area contributed by atoms with Crippen molar-refractivity contribution in [3.8, 4) is 0 Å². The van der Waals surface area contributed by atoms with E-state index in [1.807, 2.05) is 67.6 Å². The van der Waals surface area contributed by atoms with Gasteiger partial charge in [0.25, 0.3) is 5.91 Å². The molecule has 0 aromatic heterocycles. The Hall–Kier alpha value is -3.48. The molecule has 0 radical (unpaired) electrons. The Balaban J connectivity index is 1.74. The van der Waals surface area contributed by atoms with E-state index >= 15 is 0 Å². The second-order valence-corrected chi connectivity index (χ2v) is 7.93. The lowest BCUT2D eigenvalue weighted by molar-refractivity contribution is -0.141. The summed E-state index contributed by atoms with van der Waals surface area (Å²) in [7, 11) is 0. The Morgan fingerprint density at radius 3 is 2.25 bits per heavy atom. The van der Waals surface area contributed by atoms with Crippen LogP contribution in [0.3, 0.4) is 0 Å². The quantitative estimate of drug-likeness (QED) is 0.558. The number of amides is 3. The van der Waals surface area contributed by atoms with Gasteiger partial charge in [0.1, 0.15) is 12.1 Å². The van der Waals surface area contributed by atoms with Crippen molar-refractivity contribution in [3.63, 3.8) is 0 Å². The molecule has 0 saturated carbocycles. The van der Waals surface area contributed by atoms with E-state index in [0.29, 0.717) is 25.9 Å². The number of carbonyl (C=O) groups excluding carboxylic acids is 4. The van der Waals surface area contributed by atoms with E-state index in [4.69, 9.17) is 0 Å². The molecule has 2 N–H and O–H groups in total. The summed E-state index contributed by atoms with van der Waals surface area (Å²) in [4.78, 5) is 52.3. The Bertz CT molecular complexity index is 946. The molecule has 0 bridgehead atoms. The molecule has 1 saturated heterocycles. The molecular weight excluding hydrogens is 406 g/mol. The predicted octanol–water partition coefficient (Wildman–Crippen LogP) is 2.00. The third-order valence-corrected chi connectivity index (χ3v) is 5.50. The summed E-state index contributed by atoms with van der Waals surface area (Å²) < 4.78 is 0. The van der Waals surface area contributed by atoms with Gasteiger partial charge in [-0.3, -0.25) is 19.2 Å². The van der Waals surface area contributed by atoms with Crippen LogP contribution >= 0.6 is 0 Å². The summed E-state index contributed by atoms with van der Waals surface area (Å²) in [6.07, 6.45) is 1.56. The van der Waals surface area contributed by atoms with E-state index in [0.717, 1.165) is 11.1 Å². The number of Topliss-reactive ketones (excluding diaryl/α,β-unsaturated/α-hetero) is 1. The van der Waals surface area contributed by atoms with Crippen molar-refractivity contribution in [3.05, 3.63) is 71.8 Å². The smallest absolute Gasteiger partial charge is 0.289 e. The average molecular weight is 436 g/mol. The predicted molar refractivity (Wildman–Crippen MR) is 120 cm³/mol. The molecule has 1 aliphatic heterocycles. The van der Waals surface area contributed by atoms with Gasteiger partial charge >= 0.3 is 0 Å². The van der Waals surface area contributed by atoms with Gasteiger partial charge in [0.2, 0.25) is 17.6 Å². The van der Waals surface area contributed by atoms with Gasteiger partial charge in [-0.1, -0.05) is 67.6 Å². The van der Waals surface area contributed by atoms with Crippen LogP contribution in [0.1, 0.15) is 37.3 Å². The highest BCUT2D eigenvalue weighted by Crippen LogP contribution is 2.22. The number of ketones is 1. The maximum Gasteiger partial charge on any atom is 0.289 e. The van der Waals surface area contributed by atoms with Gasteiger partial charge in [-0.2, -0.15) is 0 Å². The Morgan fingerprint density at radius 1 is 1.00 bits per heavy atom. The molecule has 1 unspecified atom stereocenters.